The zero-order valence-electron chi connectivity index (χ0n) is 10.2. The zero-order chi connectivity index (χ0) is 13.6. The van der Waals surface area contributed by atoms with Gasteiger partial charge in [0.1, 0.15) is 0 Å². The number of nitrogens with zero attached hydrogens (tertiary/aromatic N) is 1. The van der Waals surface area contributed by atoms with E-state index in [4.69, 9.17) is 4.74 Å². The molecule has 0 saturated heterocycles. The van der Waals surface area contributed by atoms with E-state index in [1.54, 1.807) is 0 Å². The van der Waals surface area contributed by atoms with Crippen LogP contribution >= 0.6 is 0 Å². The van der Waals surface area contributed by atoms with Crippen molar-refractivity contribution in [2.45, 2.75) is 32.5 Å². The number of alkyl halides is 3. The average molecular weight is 263 g/mol. The summed E-state index contributed by atoms with van der Waals surface area (Å²) in [6.45, 7) is 2.94. The largest absolute Gasteiger partial charge is 0.417 e. The summed E-state index contributed by atoms with van der Waals surface area (Å²) in [4.78, 5) is 11.4. The van der Waals surface area contributed by atoms with Crippen LogP contribution in [0.5, 0.6) is 0 Å². The molecule has 0 amide bonds. The molecular formula is C12H16F3NO2. The monoisotopic (exact) mass is 263 g/mol. The van der Waals surface area contributed by atoms with Crippen LogP contribution in [0.3, 0.4) is 0 Å². The predicted molar refractivity (Wildman–Crippen MR) is 61.4 cm³/mol. The van der Waals surface area contributed by atoms with E-state index in [1.807, 2.05) is 6.92 Å². The maximum absolute atomic E-state index is 12.4. The van der Waals surface area contributed by atoms with Crippen LogP contribution < -0.4 is 5.56 Å². The van der Waals surface area contributed by atoms with Gasteiger partial charge >= 0.3 is 6.18 Å². The van der Waals surface area contributed by atoms with Crippen LogP contribution in [0.1, 0.15) is 25.3 Å². The topological polar surface area (TPSA) is 31.2 Å². The smallest absolute Gasteiger partial charge is 0.380 e. The summed E-state index contributed by atoms with van der Waals surface area (Å²) >= 11 is 0. The van der Waals surface area contributed by atoms with Crippen molar-refractivity contribution in [1.29, 1.82) is 0 Å². The van der Waals surface area contributed by atoms with Crippen molar-refractivity contribution in [3.63, 3.8) is 0 Å². The summed E-state index contributed by atoms with van der Waals surface area (Å²) in [6.07, 6.45) is -1.72. The summed E-state index contributed by atoms with van der Waals surface area (Å²) in [5.41, 5.74) is -1.28. The molecule has 18 heavy (non-hydrogen) atoms. The molecule has 1 rings (SSSR count). The molecule has 0 aliphatic rings. The van der Waals surface area contributed by atoms with Crippen molar-refractivity contribution in [2.24, 2.45) is 0 Å². The van der Waals surface area contributed by atoms with Gasteiger partial charge in [-0.1, -0.05) is 13.3 Å². The van der Waals surface area contributed by atoms with Crippen molar-refractivity contribution in [1.82, 2.24) is 4.57 Å². The molecule has 0 bridgehead atoms. The Hall–Kier alpha value is -1.30. The van der Waals surface area contributed by atoms with Gasteiger partial charge in [0.05, 0.1) is 12.2 Å². The number of hydrogen-bond acceptors (Lipinski definition) is 2. The van der Waals surface area contributed by atoms with Crippen LogP contribution in [0.25, 0.3) is 0 Å². The van der Waals surface area contributed by atoms with E-state index in [2.05, 4.69) is 0 Å². The minimum absolute atomic E-state index is 0.131. The lowest BCUT2D eigenvalue weighted by molar-refractivity contribution is -0.138. The van der Waals surface area contributed by atoms with Crippen molar-refractivity contribution < 1.29 is 17.9 Å². The van der Waals surface area contributed by atoms with Gasteiger partial charge in [0, 0.05) is 25.4 Å². The first-order chi connectivity index (χ1) is 8.45. The van der Waals surface area contributed by atoms with Crippen molar-refractivity contribution in [2.75, 3.05) is 13.2 Å². The SMILES string of the molecule is CCCCOCCn1cc(C(F)(F)F)ccc1=O. The van der Waals surface area contributed by atoms with Gasteiger partial charge in [0.2, 0.25) is 0 Å². The molecule has 0 aromatic carbocycles. The first-order valence-electron chi connectivity index (χ1n) is 5.80. The fraction of sp³-hybridized carbons (Fsp3) is 0.583. The van der Waals surface area contributed by atoms with E-state index in [0.717, 1.165) is 35.7 Å². The summed E-state index contributed by atoms with van der Waals surface area (Å²) < 4.78 is 43.6. The molecule has 0 fully saturated rings. The summed E-state index contributed by atoms with van der Waals surface area (Å²) in [7, 11) is 0. The highest BCUT2D eigenvalue weighted by molar-refractivity contribution is 5.13. The Morgan fingerprint density at radius 3 is 2.61 bits per heavy atom. The summed E-state index contributed by atoms with van der Waals surface area (Å²) in [5.74, 6) is 0. The van der Waals surface area contributed by atoms with Gasteiger partial charge in [0.25, 0.3) is 5.56 Å². The van der Waals surface area contributed by atoms with Gasteiger partial charge in [0.15, 0.2) is 0 Å². The first-order valence-corrected chi connectivity index (χ1v) is 5.80. The lowest BCUT2D eigenvalue weighted by atomic mass is 10.3. The third-order valence-corrected chi connectivity index (χ3v) is 2.43. The van der Waals surface area contributed by atoms with E-state index in [9.17, 15) is 18.0 Å². The number of hydrogen-bond donors (Lipinski definition) is 0. The summed E-state index contributed by atoms with van der Waals surface area (Å²) in [5, 5.41) is 0. The second-order valence-electron chi connectivity index (χ2n) is 3.91. The van der Waals surface area contributed by atoms with Gasteiger partial charge in [-0.25, -0.2) is 0 Å². The second kappa shape index (κ2) is 6.58. The fourth-order valence-electron chi connectivity index (χ4n) is 1.39. The van der Waals surface area contributed by atoms with Gasteiger partial charge in [-0.05, 0) is 12.5 Å². The van der Waals surface area contributed by atoms with Gasteiger partial charge in [-0.15, -0.1) is 0 Å². The molecule has 1 heterocycles. The number of rotatable bonds is 6. The number of ether oxygens (including phenoxy) is 1. The highest BCUT2D eigenvalue weighted by atomic mass is 19.4. The Kier molecular flexibility index (Phi) is 5.40. The molecule has 0 radical (unpaired) electrons. The maximum atomic E-state index is 12.4. The molecule has 102 valence electrons. The minimum Gasteiger partial charge on any atom is -0.380 e. The van der Waals surface area contributed by atoms with Crippen LogP contribution in [-0.2, 0) is 17.5 Å². The fourth-order valence-corrected chi connectivity index (χ4v) is 1.39. The molecule has 3 nitrogen and oxygen atoms in total. The highest BCUT2D eigenvalue weighted by Gasteiger charge is 2.30. The number of aromatic nitrogens is 1. The highest BCUT2D eigenvalue weighted by Crippen LogP contribution is 2.27. The molecule has 1 aromatic rings. The Labute approximate surface area is 103 Å². The number of unbranched alkanes of at least 4 members (excludes halogenated alkanes) is 1. The van der Waals surface area contributed by atoms with Gasteiger partial charge < -0.3 is 9.30 Å². The van der Waals surface area contributed by atoms with E-state index in [0.29, 0.717) is 6.61 Å². The molecule has 6 heteroatoms. The maximum Gasteiger partial charge on any atom is 0.417 e. The normalized spacial score (nSPS) is 11.8. The molecule has 0 aliphatic carbocycles. The number of pyridine rings is 1. The molecule has 0 unspecified atom stereocenters. The molecule has 0 spiro atoms. The van der Waals surface area contributed by atoms with Crippen molar-refractivity contribution >= 4 is 0 Å². The van der Waals surface area contributed by atoms with Crippen LogP contribution in [0.2, 0.25) is 0 Å². The quantitative estimate of drug-likeness (QED) is 0.739. The lowest BCUT2D eigenvalue weighted by Crippen LogP contribution is -2.23. The van der Waals surface area contributed by atoms with Crippen LogP contribution in [0.15, 0.2) is 23.1 Å². The van der Waals surface area contributed by atoms with Crippen LogP contribution in [0, 0.1) is 0 Å². The Bertz CT molecular complexity index is 426. The summed E-state index contributed by atoms with van der Waals surface area (Å²) in [6, 6.07) is 1.71. The third kappa shape index (κ3) is 4.52. The Morgan fingerprint density at radius 2 is 2.00 bits per heavy atom. The third-order valence-electron chi connectivity index (χ3n) is 2.43. The first kappa shape index (κ1) is 14.8. The lowest BCUT2D eigenvalue weighted by Gasteiger charge is -2.10. The molecular weight excluding hydrogens is 247 g/mol. The van der Waals surface area contributed by atoms with E-state index in [1.165, 1.54) is 0 Å². The molecule has 1 aromatic heterocycles. The second-order valence-corrected chi connectivity index (χ2v) is 3.91. The Morgan fingerprint density at radius 1 is 1.28 bits per heavy atom. The molecule has 0 N–H and O–H groups in total. The van der Waals surface area contributed by atoms with Crippen molar-refractivity contribution in [3.8, 4) is 0 Å². The van der Waals surface area contributed by atoms with Crippen LogP contribution in [0.4, 0.5) is 13.2 Å². The molecule has 0 aliphatic heterocycles. The Balaban J connectivity index is 2.62. The van der Waals surface area contributed by atoms with E-state index >= 15 is 0 Å². The van der Waals surface area contributed by atoms with E-state index < -0.39 is 17.3 Å². The van der Waals surface area contributed by atoms with Crippen LogP contribution in [-0.4, -0.2) is 17.8 Å². The van der Waals surface area contributed by atoms with Gasteiger partial charge in [-0.2, -0.15) is 13.2 Å². The standard InChI is InChI=1S/C12H16F3NO2/c1-2-3-7-18-8-6-16-9-10(12(13,14)15)4-5-11(16)17/h4-5,9H,2-3,6-8H2,1H3. The minimum atomic E-state index is -4.43. The zero-order valence-corrected chi connectivity index (χ0v) is 10.2. The molecule has 0 saturated carbocycles. The van der Waals surface area contributed by atoms with E-state index in [-0.39, 0.29) is 13.2 Å². The average Bonchev–Trinajstić information content (AvgIpc) is 2.29. The van der Waals surface area contributed by atoms with Crippen molar-refractivity contribution in [3.05, 3.63) is 34.2 Å². The predicted octanol–water partition coefficient (Wildman–Crippen LogP) is 2.68. The van der Waals surface area contributed by atoms with Gasteiger partial charge in [-0.3, -0.25) is 4.79 Å². The molecule has 0 atom stereocenters. The number of halogens is 3.